The van der Waals surface area contributed by atoms with Gasteiger partial charge in [-0.25, -0.2) is 9.97 Å². The minimum absolute atomic E-state index is 0.0232. The third-order valence-electron chi connectivity index (χ3n) is 2.96. The van der Waals surface area contributed by atoms with Crippen LogP contribution in [0.3, 0.4) is 0 Å². The van der Waals surface area contributed by atoms with Crippen molar-refractivity contribution in [1.82, 2.24) is 14.9 Å². The van der Waals surface area contributed by atoms with Crippen LogP contribution < -0.4 is 5.73 Å². The van der Waals surface area contributed by atoms with E-state index in [0.29, 0.717) is 5.69 Å². The van der Waals surface area contributed by atoms with Gasteiger partial charge in [0, 0.05) is 13.1 Å². The number of nitrogen functional groups attached to an aromatic ring is 1. The summed E-state index contributed by atoms with van der Waals surface area (Å²) in [4.78, 5) is 11.1. The van der Waals surface area contributed by atoms with E-state index in [4.69, 9.17) is 10.5 Å². The Labute approximate surface area is 102 Å². The number of hydrogen-bond acceptors (Lipinski definition) is 5. The molecule has 17 heavy (non-hydrogen) atoms. The molecule has 94 valence electrons. The fourth-order valence-corrected chi connectivity index (χ4v) is 1.97. The molecule has 0 bridgehead atoms. The number of nitrogens with zero attached hydrogens (tertiary/aromatic N) is 3. The van der Waals surface area contributed by atoms with Crippen molar-refractivity contribution in [2.75, 3.05) is 32.5 Å². The average molecular weight is 236 g/mol. The molecule has 0 saturated carbocycles. The van der Waals surface area contributed by atoms with E-state index in [2.05, 4.69) is 28.8 Å². The molecule has 0 aliphatic carbocycles. The standard InChI is InChI=1S/C12H20N4O/c1-3-4-10-9(13)7-14-12(15-10)11-8-16(2)5-6-17-11/h7,11H,3-6,8,13H2,1-2H3. The molecule has 1 aliphatic heterocycles. The Hall–Kier alpha value is -1.20. The number of likely N-dealkylation sites (N-methyl/N-ethyl adjacent to an activating group) is 1. The second-order valence-electron chi connectivity index (χ2n) is 4.50. The number of morpholine rings is 1. The Kier molecular flexibility index (Phi) is 3.91. The Bertz CT molecular complexity index is 383. The monoisotopic (exact) mass is 236 g/mol. The van der Waals surface area contributed by atoms with E-state index < -0.39 is 0 Å². The highest BCUT2D eigenvalue weighted by Gasteiger charge is 2.22. The summed E-state index contributed by atoms with van der Waals surface area (Å²) in [5.41, 5.74) is 7.48. The molecule has 0 spiro atoms. The van der Waals surface area contributed by atoms with Gasteiger partial charge in [-0.2, -0.15) is 0 Å². The van der Waals surface area contributed by atoms with Gasteiger partial charge in [-0.15, -0.1) is 0 Å². The third-order valence-corrected chi connectivity index (χ3v) is 2.96. The van der Waals surface area contributed by atoms with E-state index in [-0.39, 0.29) is 6.10 Å². The highest BCUT2D eigenvalue weighted by molar-refractivity contribution is 5.40. The molecule has 1 aromatic rings. The zero-order chi connectivity index (χ0) is 12.3. The van der Waals surface area contributed by atoms with Crippen LogP contribution in [0.2, 0.25) is 0 Å². The summed E-state index contributed by atoms with van der Waals surface area (Å²) in [5, 5.41) is 0. The molecule has 1 fully saturated rings. The van der Waals surface area contributed by atoms with Crippen LogP contribution in [0.4, 0.5) is 5.69 Å². The van der Waals surface area contributed by atoms with Crippen LogP contribution in [0.25, 0.3) is 0 Å². The third kappa shape index (κ3) is 2.92. The van der Waals surface area contributed by atoms with Crippen LogP contribution in [0.15, 0.2) is 6.20 Å². The summed E-state index contributed by atoms with van der Waals surface area (Å²) in [6.45, 7) is 4.66. The summed E-state index contributed by atoms with van der Waals surface area (Å²) in [6.07, 6.45) is 3.60. The first-order chi connectivity index (χ1) is 8.20. The number of nitrogens with two attached hydrogens (primary N) is 1. The highest BCUT2D eigenvalue weighted by atomic mass is 16.5. The van der Waals surface area contributed by atoms with Crippen molar-refractivity contribution in [2.24, 2.45) is 0 Å². The summed E-state index contributed by atoms with van der Waals surface area (Å²) >= 11 is 0. The van der Waals surface area contributed by atoms with Crippen molar-refractivity contribution in [3.8, 4) is 0 Å². The van der Waals surface area contributed by atoms with Gasteiger partial charge in [0.25, 0.3) is 0 Å². The fourth-order valence-electron chi connectivity index (χ4n) is 1.97. The summed E-state index contributed by atoms with van der Waals surface area (Å²) in [7, 11) is 2.08. The van der Waals surface area contributed by atoms with Crippen molar-refractivity contribution >= 4 is 5.69 Å². The van der Waals surface area contributed by atoms with E-state index >= 15 is 0 Å². The quantitative estimate of drug-likeness (QED) is 0.848. The number of anilines is 1. The van der Waals surface area contributed by atoms with E-state index in [1.165, 1.54) is 0 Å². The topological polar surface area (TPSA) is 64.3 Å². The first kappa shape index (κ1) is 12.3. The van der Waals surface area contributed by atoms with Gasteiger partial charge in [-0.3, -0.25) is 0 Å². The number of aromatic nitrogens is 2. The van der Waals surface area contributed by atoms with Crippen molar-refractivity contribution in [2.45, 2.75) is 25.9 Å². The number of hydrogen-bond donors (Lipinski definition) is 1. The minimum atomic E-state index is -0.0232. The van der Waals surface area contributed by atoms with Gasteiger partial charge in [-0.05, 0) is 13.5 Å². The lowest BCUT2D eigenvalue weighted by Gasteiger charge is -2.29. The van der Waals surface area contributed by atoms with Gasteiger partial charge >= 0.3 is 0 Å². The summed E-state index contributed by atoms with van der Waals surface area (Å²) in [5.74, 6) is 0.759. The van der Waals surface area contributed by atoms with Crippen LogP contribution in [-0.4, -0.2) is 41.6 Å². The zero-order valence-electron chi connectivity index (χ0n) is 10.5. The van der Waals surface area contributed by atoms with E-state index in [1.807, 2.05) is 0 Å². The lowest BCUT2D eigenvalue weighted by Crippen LogP contribution is -2.36. The zero-order valence-corrected chi connectivity index (χ0v) is 10.5. The van der Waals surface area contributed by atoms with E-state index in [1.54, 1.807) is 6.20 Å². The minimum Gasteiger partial charge on any atom is -0.396 e. The first-order valence-electron chi connectivity index (χ1n) is 6.12. The summed E-state index contributed by atoms with van der Waals surface area (Å²) < 4.78 is 5.70. The molecule has 2 rings (SSSR count). The average Bonchev–Trinajstić information content (AvgIpc) is 2.32. The SMILES string of the molecule is CCCc1nc(C2CN(C)CCO2)ncc1N. The van der Waals surface area contributed by atoms with Crippen LogP contribution >= 0.6 is 0 Å². The largest absolute Gasteiger partial charge is 0.396 e. The van der Waals surface area contributed by atoms with Crippen molar-refractivity contribution in [3.05, 3.63) is 17.7 Å². The predicted molar refractivity (Wildman–Crippen MR) is 66.6 cm³/mol. The molecule has 2 N–H and O–H groups in total. The number of aryl methyl sites for hydroxylation is 1. The maximum atomic E-state index is 5.86. The van der Waals surface area contributed by atoms with Crippen LogP contribution in [0, 0.1) is 0 Å². The smallest absolute Gasteiger partial charge is 0.158 e. The van der Waals surface area contributed by atoms with E-state index in [9.17, 15) is 0 Å². The maximum Gasteiger partial charge on any atom is 0.158 e. The molecule has 5 nitrogen and oxygen atoms in total. The van der Waals surface area contributed by atoms with Gasteiger partial charge < -0.3 is 15.4 Å². The van der Waals surface area contributed by atoms with Gasteiger partial charge in [0.15, 0.2) is 5.82 Å². The Morgan fingerprint density at radius 2 is 2.41 bits per heavy atom. The fraction of sp³-hybridized carbons (Fsp3) is 0.667. The highest BCUT2D eigenvalue weighted by Crippen LogP contribution is 2.20. The maximum absolute atomic E-state index is 5.86. The normalized spacial score (nSPS) is 21.6. The molecule has 0 radical (unpaired) electrons. The number of ether oxygens (including phenoxy) is 1. The Morgan fingerprint density at radius 3 is 3.12 bits per heavy atom. The molecule has 1 unspecified atom stereocenters. The molecular weight excluding hydrogens is 216 g/mol. The molecule has 1 atom stereocenters. The molecule has 0 aromatic carbocycles. The Morgan fingerprint density at radius 1 is 1.59 bits per heavy atom. The van der Waals surface area contributed by atoms with Crippen molar-refractivity contribution < 1.29 is 4.74 Å². The molecule has 1 aliphatic rings. The van der Waals surface area contributed by atoms with Crippen LogP contribution in [-0.2, 0) is 11.2 Å². The predicted octanol–water partition coefficient (Wildman–Crippen LogP) is 1.01. The van der Waals surface area contributed by atoms with Crippen molar-refractivity contribution in [3.63, 3.8) is 0 Å². The second-order valence-corrected chi connectivity index (χ2v) is 4.50. The molecule has 1 aromatic heterocycles. The van der Waals surface area contributed by atoms with Crippen molar-refractivity contribution in [1.29, 1.82) is 0 Å². The number of rotatable bonds is 3. The van der Waals surface area contributed by atoms with Gasteiger partial charge in [-0.1, -0.05) is 13.3 Å². The van der Waals surface area contributed by atoms with Gasteiger partial charge in [0.1, 0.15) is 6.10 Å². The first-order valence-corrected chi connectivity index (χ1v) is 6.12. The lowest BCUT2D eigenvalue weighted by atomic mass is 10.2. The molecular formula is C12H20N4O. The van der Waals surface area contributed by atoms with Crippen LogP contribution in [0.1, 0.15) is 31.0 Å². The molecule has 0 amide bonds. The molecule has 1 saturated heterocycles. The Balaban J connectivity index is 2.17. The molecule has 5 heteroatoms. The van der Waals surface area contributed by atoms with E-state index in [0.717, 1.165) is 44.1 Å². The second kappa shape index (κ2) is 5.42. The van der Waals surface area contributed by atoms with Crippen LogP contribution in [0.5, 0.6) is 0 Å². The lowest BCUT2D eigenvalue weighted by molar-refractivity contribution is -0.0255. The molecule has 2 heterocycles. The summed E-state index contributed by atoms with van der Waals surface area (Å²) in [6, 6.07) is 0. The van der Waals surface area contributed by atoms with Gasteiger partial charge in [0.2, 0.25) is 0 Å². The van der Waals surface area contributed by atoms with Gasteiger partial charge in [0.05, 0.1) is 24.2 Å².